The van der Waals surface area contributed by atoms with E-state index >= 15 is 0 Å². The molecule has 3 heterocycles. The Labute approximate surface area is 195 Å². The lowest BCUT2D eigenvalue weighted by Crippen LogP contribution is -2.63. The quantitative estimate of drug-likeness (QED) is 0.671. The Bertz CT molecular complexity index is 1220. The Kier molecular flexibility index (Phi) is 5.23. The lowest BCUT2D eigenvalue weighted by molar-refractivity contribution is 0.0534. The van der Waals surface area contributed by atoms with Crippen LogP contribution in [0.2, 0.25) is 5.02 Å². The van der Waals surface area contributed by atoms with Crippen molar-refractivity contribution in [3.8, 4) is 5.75 Å². The molecule has 1 atom stereocenters. The summed E-state index contributed by atoms with van der Waals surface area (Å²) in [6.07, 6.45) is 4.96. The highest BCUT2D eigenvalue weighted by Gasteiger charge is 2.48. The van der Waals surface area contributed by atoms with E-state index in [0.717, 1.165) is 19.3 Å². The molecule has 1 N–H and O–H groups in total. The van der Waals surface area contributed by atoms with Crippen LogP contribution in [0.4, 0.5) is 4.39 Å². The highest BCUT2D eigenvalue weighted by atomic mass is 35.5. The van der Waals surface area contributed by atoms with Gasteiger partial charge in [-0.25, -0.2) is 4.39 Å². The Morgan fingerprint density at radius 3 is 2.73 bits per heavy atom. The fourth-order valence-electron chi connectivity index (χ4n) is 5.29. The smallest absolute Gasteiger partial charge is 0.278 e. The Morgan fingerprint density at radius 2 is 2.03 bits per heavy atom. The van der Waals surface area contributed by atoms with Crippen LogP contribution in [0.1, 0.15) is 71.9 Å². The first-order valence-corrected chi connectivity index (χ1v) is 11.7. The topological polar surface area (TPSA) is 82.9 Å². The van der Waals surface area contributed by atoms with E-state index < -0.39 is 34.1 Å². The van der Waals surface area contributed by atoms with Crippen molar-refractivity contribution in [3.63, 3.8) is 0 Å². The molecule has 2 aliphatic heterocycles. The third-order valence-electron chi connectivity index (χ3n) is 7.22. The molecule has 1 aromatic carbocycles. The van der Waals surface area contributed by atoms with Gasteiger partial charge in [-0.1, -0.05) is 23.7 Å². The Morgan fingerprint density at radius 1 is 1.27 bits per heavy atom. The molecular formula is C24H25ClFN3O4. The number of Topliss-reactive ketones (excluding diaryl/α,β-unsaturated/α-hetero) is 1. The summed E-state index contributed by atoms with van der Waals surface area (Å²) in [5.74, 6) is -2.17. The molecule has 1 aromatic heterocycles. The summed E-state index contributed by atoms with van der Waals surface area (Å²) in [5, 5.41) is 12.6. The van der Waals surface area contributed by atoms with Gasteiger partial charge in [-0.3, -0.25) is 24.1 Å². The van der Waals surface area contributed by atoms with Crippen molar-refractivity contribution >= 4 is 23.3 Å². The van der Waals surface area contributed by atoms with E-state index in [1.165, 1.54) is 16.9 Å². The lowest BCUT2D eigenvalue weighted by atomic mass is 9.88. The van der Waals surface area contributed by atoms with Crippen molar-refractivity contribution in [3.05, 3.63) is 62.3 Å². The van der Waals surface area contributed by atoms with Gasteiger partial charge in [0.15, 0.2) is 17.2 Å². The monoisotopic (exact) mass is 473 g/mol. The van der Waals surface area contributed by atoms with Crippen LogP contribution >= 0.6 is 11.6 Å². The number of aromatic nitrogens is 1. The van der Waals surface area contributed by atoms with E-state index in [9.17, 15) is 23.9 Å². The number of pyridine rings is 1. The molecule has 1 saturated carbocycles. The summed E-state index contributed by atoms with van der Waals surface area (Å²) in [7, 11) is 0. The minimum atomic E-state index is -0.867. The molecular weight excluding hydrogens is 449 g/mol. The van der Waals surface area contributed by atoms with Crippen molar-refractivity contribution in [1.82, 2.24) is 9.58 Å². The highest BCUT2D eigenvalue weighted by molar-refractivity contribution is 6.30. The van der Waals surface area contributed by atoms with Crippen molar-refractivity contribution < 1.29 is 19.1 Å². The van der Waals surface area contributed by atoms with E-state index in [-0.39, 0.29) is 28.9 Å². The molecule has 174 valence electrons. The van der Waals surface area contributed by atoms with E-state index in [1.54, 1.807) is 17.0 Å². The summed E-state index contributed by atoms with van der Waals surface area (Å²) >= 11 is 5.94. The van der Waals surface area contributed by atoms with Gasteiger partial charge in [0.05, 0.1) is 10.6 Å². The number of nitrogens with zero attached hydrogens (tertiary/aromatic N) is 3. The molecule has 1 amide bonds. The molecule has 0 spiro atoms. The Hall–Kier alpha value is -2.87. The normalized spacial score (nSPS) is 20.9. The summed E-state index contributed by atoms with van der Waals surface area (Å²) in [5.41, 5.74) is -1.51. The average Bonchev–Trinajstić information content (AvgIpc) is 3.58. The Balaban J connectivity index is 1.55. The van der Waals surface area contributed by atoms with Crippen LogP contribution in [0.5, 0.6) is 5.75 Å². The molecule has 7 nitrogen and oxygen atoms in total. The van der Waals surface area contributed by atoms with Crippen molar-refractivity contribution in [1.29, 1.82) is 0 Å². The molecule has 2 fully saturated rings. The number of carbonyl (C=O) groups excluding carboxylic acids is 2. The van der Waals surface area contributed by atoms with Crippen LogP contribution in [-0.4, -0.2) is 45.6 Å². The summed E-state index contributed by atoms with van der Waals surface area (Å²) in [6.45, 7) is 2.94. The number of ketones is 1. The number of hydrogen-bond donors (Lipinski definition) is 1. The van der Waals surface area contributed by atoms with Crippen LogP contribution < -0.4 is 10.4 Å². The molecule has 3 aliphatic rings. The van der Waals surface area contributed by atoms with Crippen molar-refractivity contribution in [2.24, 2.45) is 0 Å². The first kappa shape index (κ1) is 21.9. The molecule has 1 saturated heterocycles. The number of amides is 1. The zero-order valence-electron chi connectivity index (χ0n) is 18.3. The number of halogens is 2. The maximum absolute atomic E-state index is 14.7. The number of fused-ring (bicyclic) bond motifs is 3. The zero-order chi connectivity index (χ0) is 23.5. The fourth-order valence-corrected chi connectivity index (χ4v) is 5.46. The highest BCUT2D eigenvalue weighted by Crippen LogP contribution is 2.53. The molecule has 33 heavy (non-hydrogen) atoms. The van der Waals surface area contributed by atoms with Gasteiger partial charge >= 0.3 is 0 Å². The SMILES string of the molecule is CCN1C(=O)c2c(O)c(=O)c(C(=O)CC3(c4cccc(Cl)c4F)CC3)cn2N2CCCC[C@@H]12. The molecule has 2 aromatic rings. The van der Waals surface area contributed by atoms with Crippen molar-refractivity contribution in [2.75, 3.05) is 18.1 Å². The fraction of sp³-hybridized carbons (Fsp3) is 0.458. The predicted molar refractivity (Wildman–Crippen MR) is 121 cm³/mol. The third-order valence-corrected chi connectivity index (χ3v) is 7.52. The van der Waals surface area contributed by atoms with Gasteiger partial charge in [0.25, 0.3) is 5.91 Å². The van der Waals surface area contributed by atoms with Gasteiger partial charge < -0.3 is 10.0 Å². The number of carbonyl (C=O) groups is 2. The van der Waals surface area contributed by atoms with E-state index in [1.807, 2.05) is 11.9 Å². The maximum atomic E-state index is 14.7. The zero-order valence-corrected chi connectivity index (χ0v) is 19.1. The minimum Gasteiger partial charge on any atom is -0.502 e. The van der Waals surface area contributed by atoms with Crippen LogP contribution in [-0.2, 0) is 5.41 Å². The maximum Gasteiger partial charge on any atom is 0.278 e. The minimum absolute atomic E-state index is 0.00662. The van der Waals surface area contributed by atoms with Gasteiger partial charge in [-0.15, -0.1) is 0 Å². The van der Waals surface area contributed by atoms with Gasteiger partial charge in [0.2, 0.25) is 5.43 Å². The second kappa shape index (κ2) is 7.87. The van der Waals surface area contributed by atoms with Gasteiger partial charge in [0, 0.05) is 31.1 Å². The van der Waals surface area contributed by atoms with Crippen molar-refractivity contribution in [2.45, 2.75) is 57.0 Å². The number of rotatable bonds is 5. The van der Waals surface area contributed by atoms with E-state index in [0.29, 0.717) is 31.5 Å². The molecule has 9 heteroatoms. The number of benzene rings is 1. The standard InChI is InChI=1S/C24H25ClFN3O4/c1-2-27-18-8-3-4-11-28(18)29-13-14(21(31)22(32)20(29)23(27)33)17(30)12-24(9-10-24)15-6-5-7-16(25)19(15)26/h5-7,13,18,32H,2-4,8-12H2,1H3/t18-/m0/s1. The number of hydrogen-bond acceptors (Lipinski definition) is 5. The van der Waals surface area contributed by atoms with E-state index in [4.69, 9.17) is 11.6 Å². The number of aromatic hydroxyl groups is 1. The van der Waals surface area contributed by atoms with Crippen LogP contribution in [0.3, 0.4) is 0 Å². The summed E-state index contributed by atoms with van der Waals surface area (Å²) < 4.78 is 16.1. The molecule has 0 bridgehead atoms. The van der Waals surface area contributed by atoms with Crippen LogP contribution in [0.25, 0.3) is 0 Å². The second-order valence-electron chi connectivity index (χ2n) is 9.13. The molecule has 0 radical (unpaired) electrons. The number of piperidine rings is 1. The molecule has 1 aliphatic carbocycles. The van der Waals surface area contributed by atoms with E-state index in [2.05, 4.69) is 0 Å². The summed E-state index contributed by atoms with van der Waals surface area (Å²) in [6, 6.07) is 4.72. The molecule has 0 unspecified atom stereocenters. The second-order valence-corrected chi connectivity index (χ2v) is 9.53. The first-order chi connectivity index (χ1) is 15.8. The molecule has 5 rings (SSSR count). The lowest BCUT2D eigenvalue weighted by Gasteiger charge is -2.48. The van der Waals surface area contributed by atoms with Crippen LogP contribution in [0.15, 0.2) is 29.2 Å². The summed E-state index contributed by atoms with van der Waals surface area (Å²) in [4.78, 5) is 41.0. The van der Waals surface area contributed by atoms with Gasteiger partial charge in [0.1, 0.15) is 12.0 Å². The third kappa shape index (κ3) is 3.34. The largest absolute Gasteiger partial charge is 0.502 e. The van der Waals surface area contributed by atoms with Crippen LogP contribution in [0, 0.1) is 5.82 Å². The van der Waals surface area contributed by atoms with Gasteiger partial charge in [-0.2, -0.15) is 0 Å². The van der Waals surface area contributed by atoms with Gasteiger partial charge in [-0.05, 0) is 50.7 Å². The predicted octanol–water partition coefficient (Wildman–Crippen LogP) is 3.57. The first-order valence-electron chi connectivity index (χ1n) is 11.3. The average molecular weight is 474 g/mol.